The number of nitriles is 1. The Hall–Kier alpha value is -2.42. The van der Waals surface area contributed by atoms with Gasteiger partial charge in [-0.05, 0) is 0 Å². The van der Waals surface area contributed by atoms with E-state index in [9.17, 15) is 4.79 Å². The molecule has 0 fully saturated rings. The summed E-state index contributed by atoms with van der Waals surface area (Å²) in [5.74, 6) is 0.823. The summed E-state index contributed by atoms with van der Waals surface area (Å²) < 4.78 is 15.3. The molecule has 1 aromatic rings. The first-order valence-corrected chi connectivity index (χ1v) is 5.13. The Kier molecular flexibility index (Phi) is 4.81. The lowest BCUT2D eigenvalue weighted by Crippen LogP contribution is -2.24. The summed E-state index contributed by atoms with van der Waals surface area (Å²) in [5.41, 5.74) is 0.283. The Morgan fingerprint density at radius 1 is 1.17 bits per heavy atom. The lowest BCUT2D eigenvalue weighted by atomic mass is 10.1. The average molecular weight is 250 g/mol. The molecular weight excluding hydrogens is 236 g/mol. The number of hydrogen-bond donors (Lipinski definition) is 1. The van der Waals surface area contributed by atoms with E-state index in [1.165, 1.54) is 27.4 Å². The summed E-state index contributed by atoms with van der Waals surface area (Å²) in [6.07, 6.45) is 0. The van der Waals surface area contributed by atoms with E-state index in [0.717, 1.165) is 0 Å². The molecule has 0 atom stereocenters. The number of methoxy groups -OCH3 is 3. The first kappa shape index (κ1) is 13.6. The summed E-state index contributed by atoms with van der Waals surface area (Å²) >= 11 is 0. The largest absolute Gasteiger partial charge is 0.496 e. The van der Waals surface area contributed by atoms with Crippen molar-refractivity contribution < 1.29 is 19.0 Å². The number of nitrogens with one attached hydrogen (secondary N) is 1. The number of carbonyl (C=O) groups excluding carboxylic acids is 1. The molecule has 1 N–H and O–H groups in total. The van der Waals surface area contributed by atoms with Crippen molar-refractivity contribution in [2.24, 2.45) is 0 Å². The highest BCUT2D eigenvalue weighted by Crippen LogP contribution is 2.34. The Morgan fingerprint density at radius 3 is 2.22 bits per heavy atom. The second kappa shape index (κ2) is 6.35. The van der Waals surface area contributed by atoms with E-state index in [1.54, 1.807) is 6.07 Å². The van der Waals surface area contributed by atoms with Crippen LogP contribution in [0.5, 0.6) is 17.2 Å². The molecule has 0 aliphatic heterocycles. The summed E-state index contributed by atoms with van der Waals surface area (Å²) in [6, 6.07) is 4.89. The van der Waals surface area contributed by atoms with E-state index < -0.39 is 5.91 Å². The van der Waals surface area contributed by atoms with Gasteiger partial charge >= 0.3 is 0 Å². The van der Waals surface area contributed by atoms with E-state index in [-0.39, 0.29) is 12.1 Å². The normalized spacial score (nSPS) is 9.22. The van der Waals surface area contributed by atoms with Gasteiger partial charge in [0.25, 0.3) is 5.91 Å². The molecule has 1 amide bonds. The predicted molar refractivity (Wildman–Crippen MR) is 64.0 cm³/mol. The summed E-state index contributed by atoms with van der Waals surface area (Å²) in [5, 5.41) is 10.9. The van der Waals surface area contributed by atoms with Gasteiger partial charge in [0.05, 0.1) is 33.0 Å². The van der Waals surface area contributed by atoms with Crippen LogP contribution < -0.4 is 19.5 Å². The Balaban J connectivity index is 3.17. The lowest BCUT2D eigenvalue weighted by Gasteiger charge is -2.13. The molecule has 0 heterocycles. The number of benzene rings is 1. The molecule has 0 saturated heterocycles. The molecule has 6 heteroatoms. The zero-order valence-electron chi connectivity index (χ0n) is 10.4. The first-order valence-electron chi connectivity index (χ1n) is 5.13. The van der Waals surface area contributed by atoms with Crippen molar-refractivity contribution in [3.05, 3.63) is 17.7 Å². The number of nitrogens with zero attached hydrogens (tertiary/aromatic N) is 1. The summed E-state index contributed by atoms with van der Waals surface area (Å²) in [7, 11) is 4.41. The highest BCUT2D eigenvalue weighted by molar-refractivity contribution is 5.97. The standard InChI is InChI=1S/C12H14N2O4/c1-16-9-7-11(18-3)10(17-2)6-8(9)12(15)14-5-4-13/h6-7H,5H2,1-3H3,(H,14,15). The summed E-state index contributed by atoms with van der Waals surface area (Å²) in [6.45, 7) is -0.0731. The number of carbonyl (C=O) groups is 1. The van der Waals surface area contributed by atoms with E-state index in [0.29, 0.717) is 17.2 Å². The van der Waals surface area contributed by atoms with Crippen molar-refractivity contribution in [1.29, 1.82) is 5.26 Å². The third-order valence-corrected chi connectivity index (χ3v) is 2.28. The van der Waals surface area contributed by atoms with Crippen molar-refractivity contribution in [3.63, 3.8) is 0 Å². The van der Waals surface area contributed by atoms with Gasteiger partial charge in [0.15, 0.2) is 11.5 Å². The molecule has 0 radical (unpaired) electrons. The van der Waals surface area contributed by atoms with Gasteiger partial charge in [0.2, 0.25) is 0 Å². The van der Waals surface area contributed by atoms with Crippen LogP contribution >= 0.6 is 0 Å². The van der Waals surface area contributed by atoms with Crippen LogP contribution in [0.4, 0.5) is 0 Å². The number of rotatable bonds is 5. The van der Waals surface area contributed by atoms with Crippen LogP contribution in [0, 0.1) is 11.3 Å². The third kappa shape index (κ3) is 2.83. The SMILES string of the molecule is COc1cc(OC)c(C(=O)NCC#N)cc1OC. The molecule has 0 aliphatic rings. The third-order valence-electron chi connectivity index (χ3n) is 2.28. The maximum absolute atomic E-state index is 11.8. The van der Waals surface area contributed by atoms with Gasteiger partial charge in [-0.1, -0.05) is 0 Å². The Bertz CT molecular complexity index is 480. The molecule has 0 saturated carbocycles. The molecule has 0 bridgehead atoms. The quantitative estimate of drug-likeness (QED) is 0.787. The number of hydrogen-bond acceptors (Lipinski definition) is 5. The van der Waals surface area contributed by atoms with Crippen LogP contribution in [0.3, 0.4) is 0 Å². The second-order valence-electron chi connectivity index (χ2n) is 3.25. The van der Waals surface area contributed by atoms with Crippen LogP contribution in [0.25, 0.3) is 0 Å². The van der Waals surface area contributed by atoms with E-state index >= 15 is 0 Å². The van der Waals surface area contributed by atoms with Crippen LogP contribution in [0.1, 0.15) is 10.4 Å². The molecule has 0 aliphatic carbocycles. The monoisotopic (exact) mass is 250 g/mol. The van der Waals surface area contributed by atoms with Crippen molar-refractivity contribution in [1.82, 2.24) is 5.32 Å². The minimum Gasteiger partial charge on any atom is -0.496 e. The average Bonchev–Trinajstić information content (AvgIpc) is 2.42. The topological polar surface area (TPSA) is 80.6 Å². The zero-order valence-corrected chi connectivity index (χ0v) is 10.4. The van der Waals surface area contributed by atoms with Gasteiger partial charge in [-0.3, -0.25) is 4.79 Å². The fourth-order valence-corrected chi connectivity index (χ4v) is 1.42. The van der Waals surface area contributed by atoms with Gasteiger partial charge in [0.1, 0.15) is 12.3 Å². The van der Waals surface area contributed by atoms with E-state index in [1.807, 2.05) is 6.07 Å². The molecule has 0 unspecified atom stereocenters. The van der Waals surface area contributed by atoms with Gasteiger partial charge in [-0.15, -0.1) is 0 Å². The maximum Gasteiger partial charge on any atom is 0.256 e. The molecular formula is C12H14N2O4. The van der Waals surface area contributed by atoms with Crippen molar-refractivity contribution >= 4 is 5.91 Å². The highest BCUT2D eigenvalue weighted by Gasteiger charge is 2.17. The van der Waals surface area contributed by atoms with Crippen LogP contribution in [-0.2, 0) is 0 Å². The molecule has 96 valence electrons. The van der Waals surface area contributed by atoms with Gasteiger partial charge < -0.3 is 19.5 Å². The highest BCUT2D eigenvalue weighted by atomic mass is 16.5. The zero-order chi connectivity index (χ0) is 13.5. The maximum atomic E-state index is 11.8. The molecule has 0 aromatic heterocycles. The second-order valence-corrected chi connectivity index (χ2v) is 3.25. The van der Waals surface area contributed by atoms with Crippen LogP contribution in [0.15, 0.2) is 12.1 Å². The number of ether oxygens (including phenoxy) is 3. The molecule has 1 aromatic carbocycles. The van der Waals surface area contributed by atoms with Gasteiger partial charge in [0, 0.05) is 12.1 Å². The minimum absolute atomic E-state index is 0.0731. The first-order chi connectivity index (χ1) is 8.67. The van der Waals surface area contributed by atoms with Crippen LogP contribution in [-0.4, -0.2) is 33.8 Å². The molecule has 0 spiro atoms. The number of amides is 1. The minimum atomic E-state index is -0.408. The van der Waals surface area contributed by atoms with Gasteiger partial charge in [-0.25, -0.2) is 0 Å². The lowest BCUT2D eigenvalue weighted by molar-refractivity contribution is 0.0955. The molecule has 6 nitrogen and oxygen atoms in total. The Morgan fingerprint density at radius 2 is 1.72 bits per heavy atom. The van der Waals surface area contributed by atoms with Crippen molar-refractivity contribution in [2.75, 3.05) is 27.9 Å². The van der Waals surface area contributed by atoms with Crippen LogP contribution in [0.2, 0.25) is 0 Å². The molecule has 1 rings (SSSR count). The predicted octanol–water partition coefficient (Wildman–Crippen LogP) is 0.966. The van der Waals surface area contributed by atoms with Crippen molar-refractivity contribution in [3.8, 4) is 23.3 Å². The fraction of sp³-hybridized carbons (Fsp3) is 0.333. The summed E-state index contributed by atoms with van der Waals surface area (Å²) in [4.78, 5) is 11.8. The molecule has 18 heavy (non-hydrogen) atoms. The fourth-order valence-electron chi connectivity index (χ4n) is 1.42. The van der Waals surface area contributed by atoms with Gasteiger partial charge in [-0.2, -0.15) is 5.26 Å². The van der Waals surface area contributed by atoms with E-state index in [2.05, 4.69) is 5.32 Å². The van der Waals surface area contributed by atoms with Crippen molar-refractivity contribution in [2.45, 2.75) is 0 Å². The Labute approximate surface area is 105 Å². The van der Waals surface area contributed by atoms with E-state index in [4.69, 9.17) is 19.5 Å². The smallest absolute Gasteiger partial charge is 0.256 e.